The maximum atomic E-state index is 6.75. The first-order valence-corrected chi connectivity index (χ1v) is 23.4. The topological polar surface area (TPSA) is 33.5 Å². The molecule has 0 saturated carbocycles. The smallest absolute Gasteiger partial charge is 0.509 e. The monoisotopic (exact) mass is 1080 g/mol. The molecule has 0 N–H and O–H groups in total. The van der Waals surface area contributed by atoms with Gasteiger partial charge in [0.05, 0.1) is 0 Å². The van der Waals surface area contributed by atoms with Gasteiger partial charge in [-0.1, -0.05) is 157 Å². The minimum Gasteiger partial charge on any atom is -0.509 e. The zero-order valence-corrected chi connectivity index (χ0v) is 45.1. The van der Waals surface area contributed by atoms with Crippen LogP contribution >= 0.6 is 0 Å². The molecule has 0 amide bonds. The van der Waals surface area contributed by atoms with Crippen LogP contribution in [0.1, 0.15) is 130 Å². The molecule has 6 aromatic carbocycles. The molecule has 0 fully saturated rings. The van der Waals surface area contributed by atoms with Crippen LogP contribution < -0.4 is 14.5 Å². The summed E-state index contributed by atoms with van der Waals surface area (Å²) in [6.07, 6.45) is 1.92. The molecule has 2 aromatic heterocycles. The Morgan fingerprint density at radius 2 is 1.10 bits per heavy atom. The predicted octanol–water partition coefficient (Wildman–Crippen LogP) is 16.9. The third kappa shape index (κ3) is 9.53. The molecule has 352 valence electrons. The SMILES string of the molecule is CC(C)(C)c1cc(N2[CH-]N(c3[c-]c(Oc4[c-]c5c(cc4)c4cc(C(C)(C)C)ccc4n5-c4cc(C(C)(C)C)ccn4)ccc3)c3ccc(C(C)(C)c4ccccc4)cc32)cc(C(C)(C)C)c1.[CH3-].[Pt+4]. The van der Waals surface area contributed by atoms with Crippen molar-refractivity contribution in [3.63, 3.8) is 0 Å². The summed E-state index contributed by atoms with van der Waals surface area (Å²) in [6.45, 7) is 34.1. The van der Waals surface area contributed by atoms with Crippen LogP contribution in [0.25, 0.3) is 27.6 Å². The zero-order chi connectivity index (χ0) is 47.1. The van der Waals surface area contributed by atoms with E-state index in [1.807, 2.05) is 24.4 Å². The fourth-order valence-electron chi connectivity index (χ4n) is 9.03. The molecule has 0 saturated heterocycles. The van der Waals surface area contributed by atoms with E-state index in [0.29, 0.717) is 11.5 Å². The van der Waals surface area contributed by atoms with Gasteiger partial charge in [0.2, 0.25) is 0 Å². The van der Waals surface area contributed by atoms with E-state index >= 15 is 0 Å². The van der Waals surface area contributed by atoms with E-state index < -0.39 is 0 Å². The first-order valence-electron chi connectivity index (χ1n) is 23.4. The Bertz CT molecular complexity index is 3080. The molecule has 8 aromatic rings. The Hall–Kier alpha value is -5.64. The van der Waals surface area contributed by atoms with Crippen molar-refractivity contribution in [1.82, 2.24) is 9.55 Å². The number of hydrogen-bond acceptors (Lipinski definition) is 4. The Balaban J connectivity index is 0.00000342. The largest absolute Gasteiger partial charge is 4.00 e. The molecule has 0 bridgehead atoms. The minimum atomic E-state index is -0.220. The summed E-state index contributed by atoms with van der Waals surface area (Å²) in [4.78, 5) is 9.54. The van der Waals surface area contributed by atoms with Crippen molar-refractivity contribution in [3.05, 3.63) is 193 Å². The number of benzene rings is 6. The number of nitrogens with zero attached hydrogens (tertiary/aromatic N) is 4. The van der Waals surface area contributed by atoms with Gasteiger partial charge in [-0.3, -0.25) is 0 Å². The van der Waals surface area contributed by atoms with Gasteiger partial charge in [-0.25, -0.2) is 4.98 Å². The van der Waals surface area contributed by atoms with Gasteiger partial charge in [0.25, 0.3) is 0 Å². The average molecular weight is 1080 g/mol. The van der Waals surface area contributed by atoms with E-state index in [1.165, 1.54) is 38.8 Å². The summed E-state index contributed by atoms with van der Waals surface area (Å²) in [5, 5.41) is 2.27. The van der Waals surface area contributed by atoms with Gasteiger partial charge in [-0.2, -0.15) is 12.1 Å². The maximum Gasteiger partial charge on any atom is 4.00 e. The molecular formula is C62H68N4OPt. The van der Waals surface area contributed by atoms with Gasteiger partial charge in [-0.05, 0) is 103 Å². The van der Waals surface area contributed by atoms with E-state index in [4.69, 9.17) is 9.72 Å². The van der Waals surface area contributed by atoms with Crippen molar-refractivity contribution in [2.75, 3.05) is 9.80 Å². The van der Waals surface area contributed by atoms with Crippen molar-refractivity contribution >= 4 is 44.6 Å². The third-order valence-electron chi connectivity index (χ3n) is 13.5. The van der Waals surface area contributed by atoms with Crippen molar-refractivity contribution in [2.24, 2.45) is 0 Å². The quantitative estimate of drug-likeness (QED) is 0.149. The molecular weight excluding hydrogens is 1010 g/mol. The number of hydrogen-bond donors (Lipinski definition) is 0. The predicted molar refractivity (Wildman–Crippen MR) is 284 cm³/mol. The summed E-state index contributed by atoms with van der Waals surface area (Å²) in [7, 11) is 0. The van der Waals surface area contributed by atoms with Crippen LogP contribution in [0, 0.1) is 26.2 Å². The third-order valence-corrected chi connectivity index (χ3v) is 13.5. The van der Waals surface area contributed by atoms with Crippen LogP contribution in [0.15, 0.2) is 134 Å². The van der Waals surface area contributed by atoms with Gasteiger partial charge >= 0.3 is 21.1 Å². The van der Waals surface area contributed by atoms with Gasteiger partial charge in [0, 0.05) is 45.7 Å². The number of rotatable bonds is 7. The second-order valence-electron chi connectivity index (χ2n) is 22.9. The van der Waals surface area contributed by atoms with Crippen LogP contribution in [-0.2, 0) is 48.1 Å². The molecule has 0 radical (unpaired) electrons. The molecule has 0 unspecified atom stereocenters. The Labute approximate surface area is 421 Å². The zero-order valence-electron chi connectivity index (χ0n) is 42.8. The Morgan fingerprint density at radius 1 is 0.485 bits per heavy atom. The normalized spacial score (nSPS) is 13.4. The van der Waals surface area contributed by atoms with E-state index in [0.717, 1.165) is 45.0 Å². The molecule has 0 aliphatic carbocycles. The standard InChI is InChI=1S/C61H65N4O.CH3.Pt/c1-57(2,3)41-23-27-52-51(34-41)50-26-25-49(38-54(50)65(52)56-36-42(29-30-62-56)58(4,5)6)66-48-22-18-21-46(37-48)63-39-64(47-32-44(59(7,8)9)31-45(33-47)60(10,11)12)55-35-43(24-28-53(55)63)61(13,14)40-19-16-15-17-20-40;;/h15-36,39H,1-14H3;1H3;/q-3;-1;+4. The van der Waals surface area contributed by atoms with E-state index in [1.54, 1.807) is 0 Å². The maximum absolute atomic E-state index is 6.75. The van der Waals surface area contributed by atoms with Crippen molar-refractivity contribution < 1.29 is 25.8 Å². The molecule has 5 nitrogen and oxygen atoms in total. The van der Waals surface area contributed by atoms with Crippen molar-refractivity contribution in [3.8, 4) is 17.3 Å². The van der Waals surface area contributed by atoms with Crippen molar-refractivity contribution in [1.29, 1.82) is 0 Å². The average Bonchev–Trinajstić information content (AvgIpc) is 3.81. The number of ether oxygens (including phenoxy) is 1. The first-order chi connectivity index (χ1) is 31.0. The number of pyridine rings is 1. The summed E-state index contributed by atoms with van der Waals surface area (Å²) in [6, 6.07) is 53.6. The summed E-state index contributed by atoms with van der Waals surface area (Å²) >= 11 is 0. The van der Waals surface area contributed by atoms with Crippen molar-refractivity contribution in [2.45, 2.75) is 124 Å². The summed E-state index contributed by atoms with van der Waals surface area (Å²) < 4.78 is 8.98. The number of aromatic nitrogens is 2. The second kappa shape index (κ2) is 18.0. The van der Waals surface area contributed by atoms with Crippen LogP contribution in [0.5, 0.6) is 11.5 Å². The van der Waals surface area contributed by atoms with Gasteiger partial charge in [0.1, 0.15) is 5.82 Å². The fraction of sp³-hybridized carbons (Fsp3) is 0.306. The van der Waals surface area contributed by atoms with Crippen LogP contribution in [-0.4, -0.2) is 9.55 Å². The van der Waals surface area contributed by atoms with Gasteiger partial charge < -0.3 is 26.5 Å². The van der Waals surface area contributed by atoms with Crippen LogP contribution in [0.4, 0.5) is 22.7 Å². The Morgan fingerprint density at radius 3 is 1.75 bits per heavy atom. The number of fused-ring (bicyclic) bond motifs is 4. The molecule has 0 spiro atoms. The fourth-order valence-corrected chi connectivity index (χ4v) is 9.03. The molecule has 68 heavy (non-hydrogen) atoms. The van der Waals surface area contributed by atoms with E-state index in [9.17, 15) is 0 Å². The molecule has 9 rings (SSSR count). The number of anilines is 4. The van der Waals surface area contributed by atoms with Gasteiger partial charge in [0.15, 0.2) is 0 Å². The van der Waals surface area contributed by atoms with Crippen LogP contribution in [0.2, 0.25) is 0 Å². The molecule has 1 aliphatic rings. The minimum absolute atomic E-state index is 0. The second-order valence-corrected chi connectivity index (χ2v) is 22.9. The summed E-state index contributed by atoms with van der Waals surface area (Å²) in [5.41, 5.74) is 13.5. The first kappa shape index (κ1) is 50.2. The summed E-state index contributed by atoms with van der Waals surface area (Å²) in [5.74, 6) is 2.07. The molecule has 1 aliphatic heterocycles. The van der Waals surface area contributed by atoms with E-state index in [2.05, 4.69) is 239 Å². The molecule has 3 heterocycles. The Kier molecular flexibility index (Phi) is 13.3. The molecule has 6 heteroatoms. The van der Waals surface area contributed by atoms with Crippen LogP contribution in [0.3, 0.4) is 0 Å². The van der Waals surface area contributed by atoms with E-state index in [-0.39, 0.29) is 55.6 Å². The van der Waals surface area contributed by atoms with Gasteiger partial charge in [-0.15, -0.1) is 48.1 Å². The molecule has 0 atom stereocenters.